The number of carbonyl (C=O) groups excluding carboxylic acids is 1. The van der Waals surface area contributed by atoms with Gasteiger partial charge >= 0.3 is 6.09 Å². The van der Waals surface area contributed by atoms with E-state index in [4.69, 9.17) is 4.74 Å². The number of hydrogen-bond donors (Lipinski definition) is 1. The van der Waals surface area contributed by atoms with Gasteiger partial charge in [-0.2, -0.15) is 11.8 Å². The number of ether oxygens (including phenoxy) is 1. The Morgan fingerprint density at radius 2 is 2.07 bits per heavy atom. The Kier molecular flexibility index (Phi) is 9.96. The van der Waals surface area contributed by atoms with E-state index in [0.29, 0.717) is 6.04 Å². The van der Waals surface area contributed by atoms with E-state index in [-0.39, 0.29) is 6.09 Å². The third-order valence-corrected chi connectivity index (χ3v) is 7.53. The molecular formula is C23H44N2O2S. The summed E-state index contributed by atoms with van der Waals surface area (Å²) in [5.41, 5.74) is -0.425. The second kappa shape index (κ2) is 11.7. The second-order valence-electron chi connectivity index (χ2n) is 9.90. The topological polar surface area (TPSA) is 41.6 Å². The molecule has 2 unspecified atom stereocenters. The lowest BCUT2D eigenvalue weighted by Crippen LogP contribution is -2.57. The number of alkyl carbamates (subject to hydrolysis) is 1. The third-order valence-electron chi connectivity index (χ3n) is 6.25. The lowest BCUT2D eigenvalue weighted by molar-refractivity contribution is -0.00165. The van der Waals surface area contributed by atoms with Crippen LogP contribution in [0.25, 0.3) is 0 Å². The van der Waals surface area contributed by atoms with Gasteiger partial charge in [0.25, 0.3) is 0 Å². The molecule has 3 heterocycles. The van der Waals surface area contributed by atoms with E-state index in [1.165, 1.54) is 70.2 Å². The monoisotopic (exact) mass is 412 g/mol. The molecule has 28 heavy (non-hydrogen) atoms. The van der Waals surface area contributed by atoms with E-state index in [9.17, 15) is 4.79 Å². The molecule has 0 spiro atoms. The van der Waals surface area contributed by atoms with Gasteiger partial charge in [-0.15, -0.1) is 0 Å². The van der Waals surface area contributed by atoms with Crippen LogP contribution in [0.15, 0.2) is 0 Å². The first-order chi connectivity index (χ1) is 13.3. The summed E-state index contributed by atoms with van der Waals surface area (Å²) in [6, 6.07) is 0.493. The number of hydrogen-bond acceptors (Lipinski definition) is 4. The van der Waals surface area contributed by atoms with Gasteiger partial charge in [-0.25, -0.2) is 4.79 Å². The van der Waals surface area contributed by atoms with Crippen molar-refractivity contribution in [3.05, 3.63) is 0 Å². The summed E-state index contributed by atoms with van der Waals surface area (Å²) in [6.07, 6.45) is 10.5. The van der Waals surface area contributed by atoms with Gasteiger partial charge in [0.05, 0.1) is 0 Å². The molecule has 3 saturated heterocycles. The minimum atomic E-state index is -0.425. The maximum Gasteiger partial charge on any atom is 0.407 e. The maximum absolute atomic E-state index is 11.9. The number of rotatable bonds is 11. The van der Waals surface area contributed by atoms with E-state index in [2.05, 4.69) is 35.8 Å². The zero-order valence-corrected chi connectivity index (χ0v) is 19.8. The van der Waals surface area contributed by atoms with Crippen molar-refractivity contribution in [1.29, 1.82) is 0 Å². The summed E-state index contributed by atoms with van der Waals surface area (Å²) in [5.74, 6) is 3.01. The third kappa shape index (κ3) is 8.52. The van der Waals surface area contributed by atoms with Crippen LogP contribution in [0.2, 0.25) is 0 Å². The summed E-state index contributed by atoms with van der Waals surface area (Å²) in [5, 5.41) is 3.80. The van der Waals surface area contributed by atoms with Crippen molar-refractivity contribution < 1.29 is 9.53 Å². The molecule has 164 valence electrons. The molecule has 1 N–H and O–H groups in total. The molecule has 0 aromatic rings. The number of fused-ring (bicyclic) bond motifs is 3. The first kappa shape index (κ1) is 23.9. The molecule has 0 aromatic carbocycles. The summed E-state index contributed by atoms with van der Waals surface area (Å²) in [4.78, 5) is 14.5. The summed E-state index contributed by atoms with van der Waals surface area (Å²) in [6.45, 7) is 13.6. The molecule has 0 saturated carbocycles. The Morgan fingerprint density at radius 1 is 1.29 bits per heavy atom. The van der Waals surface area contributed by atoms with Gasteiger partial charge < -0.3 is 10.1 Å². The molecule has 3 aliphatic rings. The Hall–Kier alpha value is -0.420. The number of piperidine rings is 3. The molecule has 3 fully saturated rings. The van der Waals surface area contributed by atoms with Gasteiger partial charge in [0.2, 0.25) is 0 Å². The molecule has 2 bridgehead atoms. The largest absolute Gasteiger partial charge is 0.444 e. The van der Waals surface area contributed by atoms with Crippen molar-refractivity contribution in [2.24, 2.45) is 11.8 Å². The first-order valence-corrected chi connectivity index (χ1v) is 12.7. The van der Waals surface area contributed by atoms with E-state index >= 15 is 0 Å². The van der Waals surface area contributed by atoms with E-state index < -0.39 is 5.60 Å². The Bertz CT molecular complexity index is 466. The summed E-state index contributed by atoms with van der Waals surface area (Å²) in [7, 11) is 0. The van der Waals surface area contributed by atoms with Crippen molar-refractivity contribution in [3.63, 3.8) is 0 Å². The first-order valence-electron chi connectivity index (χ1n) is 11.6. The molecule has 0 radical (unpaired) electrons. The predicted octanol–water partition coefficient (Wildman–Crippen LogP) is 5.70. The lowest BCUT2D eigenvalue weighted by atomic mass is 9.74. The van der Waals surface area contributed by atoms with Crippen molar-refractivity contribution in [2.75, 3.05) is 25.4 Å². The van der Waals surface area contributed by atoms with Crippen LogP contribution in [-0.4, -0.2) is 53.3 Å². The van der Waals surface area contributed by atoms with E-state index in [1.807, 2.05) is 20.8 Å². The Morgan fingerprint density at radius 3 is 2.71 bits per heavy atom. The van der Waals surface area contributed by atoms with Crippen LogP contribution >= 0.6 is 11.8 Å². The van der Waals surface area contributed by atoms with E-state index in [1.54, 1.807) is 0 Å². The highest BCUT2D eigenvalue weighted by atomic mass is 32.2. The highest BCUT2D eigenvalue weighted by molar-refractivity contribution is 7.99. The molecule has 1 amide bonds. The van der Waals surface area contributed by atoms with Crippen molar-refractivity contribution >= 4 is 17.9 Å². The zero-order valence-electron chi connectivity index (χ0n) is 19.0. The van der Waals surface area contributed by atoms with Crippen molar-refractivity contribution in [1.82, 2.24) is 10.2 Å². The van der Waals surface area contributed by atoms with Gasteiger partial charge in [0.15, 0.2) is 0 Å². The number of carbonyl (C=O) groups is 1. The summed E-state index contributed by atoms with van der Waals surface area (Å²) < 4.78 is 5.38. The van der Waals surface area contributed by atoms with Crippen LogP contribution < -0.4 is 5.32 Å². The highest BCUT2D eigenvalue weighted by Gasteiger charge is 2.39. The minimum absolute atomic E-state index is 0.281. The number of amides is 1. The molecule has 0 aliphatic carbocycles. The zero-order chi connectivity index (χ0) is 20.6. The fourth-order valence-electron chi connectivity index (χ4n) is 4.67. The van der Waals surface area contributed by atoms with Gasteiger partial charge in [-0.05, 0) is 70.6 Å². The van der Waals surface area contributed by atoms with Crippen molar-refractivity contribution in [3.8, 4) is 0 Å². The smallest absolute Gasteiger partial charge is 0.407 e. The molecular weight excluding hydrogens is 368 g/mol. The molecule has 3 aliphatic heterocycles. The molecule has 3 rings (SSSR count). The number of unbranched alkanes of at least 4 members (excludes halogenated alkanes) is 3. The normalized spacial score (nSPS) is 28.2. The number of nitrogens with one attached hydrogen (secondary N) is 1. The van der Waals surface area contributed by atoms with Gasteiger partial charge in [-0.1, -0.05) is 39.5 Å². The van der Waals surface area contributed by atoms with Gasteiger partial charge in [0, 0.05) is 24.4 Å². The Balaban J connectivity index is 1.63. The fourth-order valence-corrected chi connectivity index (χ4v) is 5.84. The van der Waals surface area contributed by atoms with Crippen LogP contribution in [0.1, 0.15) is 86.0 Å². The average molecular weight is 413 g/mol. The van der Waals surface area contributed by atoms with Crippen LogP contribution in [0.5, 0.6) is 0 Å². The average Bonchev–Trinajstić information content (AvgIpc) is 2.63. The second-order valence-corrected chi connectivity index (χ2v) is 11.4. The molecule has 0 aromatic heterocycles. The van der Waals surface area contributed by atoms with Gasteiger partial charge in [0.1, 0.15) is 5.60 Å². The van der Waals surface area contributed by atoms with E-state index in [0.717, 1.165) is 23.6 Å². The maximum atomic E-state index is 11.9. The SMILES string of the molecule is CCCCCCC(C)SCC[C@H]1CN2CC[C@H]1C[C@H]2CNC(=O)OC(C)(C)C. The molecule has 5 heteroatoms. The molecule has 4 nitrogen and oxygen atoms in total. The molecule has 5 atom stereocenters. The standard InChI is InChI=1S/C23H44N2O2S/c1-6-7-8-9-10-18(2)28-14-12-20-17-25-13-11-19(20)15-21(25)16-24-22(26)27-23(3,4)5/h18-21H,6-17H2,1-5H3,(H,24,26)/t18?,19-,20-,21-/m0/s1. The van der Waals surface area contributed by atoms with Crippen LogP contribution in [0.4, 0.5) is 4.79 Å². The Labute approximate surface area is 177 Å². The van der Waals surface area contributed by atoms with Gasteiger partial charge in [-0.3, -0.25) is 4.90 Å². The lowest BCUT2D eigenvalue weighted by Gasteiger charge is -2.50. The number of thioether (sulfide) groups is 1. The highest BCUT2D eigenvalue weighted by Crippen LogP contribution is 2.38. The quantitative estimate of drug-likeness (QED) is 0.442. The minimum Gasteiger partial charge on any atom is -0.444 e. The summed E-state index contributed by atoms with van der Waals surface area (Å²) >= 11 is 2.18. The fraction of sp³-hybridized carbons (Fsp3) is 0.957. The van der Waals surface area contributed by atoms with Crippen LogP contribution in [0, 0.1) is 11.8 Å². The van der Waals surface area contributed by atoms with Crippen LogP contribution in [-0.2, 0) is 4.74 Å². The van der Waals surface area contributed by atoms with Crippen LogP contribution in [0.3, 0.4) is 0 Å². The predicted molar refractivity (Wildman–Crippen MR) is 121 cm³/mol. The van der Waals surface area contributed by atoms with Crippen molar-refractivity contribution in [2.45, 2.75) is 103 Å². The number of nitrogens with zero attached hydrogens (tertiary/aromatic N) is 1.